The molecule has 0 atom stereocenters. The highest BCUT2D eigenvalue weighted by Crippen LogP contribution is 2.61. The summed E-state index contributed by atoms with van der Waals surface area (Å²) in [5.41, 5.74) is 3.10. The van der Waals surface area contributed by atoms with E-state index in [0.29, 0.717) is 13.0 Å². The molecule has 4 saturated carbocycles. The summed E-state index contributed by atoms with van der Waals surface area (Å²) in [6.45, 7) is 0.463. The zero-order valence-corrected chi connectivity index (χ0v) is 15.8. The van der Waals surface area contributed by atoms with Crippen molar-refractivity contribution >= 4 is 17.2 Å². The lowest BCUT2D eigenvalue weighted by Gasteiger charge is -2.56. The zero-order valence-electron chi connectivity index (χ0n) is 15.0. The molecule has 0 radical (unpaired) electrons. The van der Waals surface area contributed by atoms with Gasteiger partial charge < -0.3 is 5.32 Å². The first-order chi connectivity index (χ1) is 12.7. The lowest BCUT2D eigenvalue weighted by atomic mass is 9.49. The number of nitrogens with zero attached hydrogens (tertiary/aromatic N) is 2. The third kappa shape index (κ3) is 3.07. The van der Waals surface area contributed by atoms with Crippen LogP contribution >= 0.6 is 11.3 Å². The van der Waals surface area contributed by atoms with Gasteiger partial charge in [-0.25, -0.2) is 0 Å². The highest BCUT2D eigenvalue weighted by Gasteiger charge is 2.51. The molecule has 0 aromatic carbocycles. The average Bonchev–Trinajstić information content (AvgIpc) is 3.13. The topological polar surface area (TPSA) is 54.9 Å². The number of hydrogen-bond donors (Lipinski definition) is 1. The maximum atomic E-state index is 12.7. The van der Waals surface area contributed by atoms with Crippen LogP contribution in [0.2, 0.25) is 0 Å². The average molecular weight is 368 g/mol. The van der Waals surface area contributed by atoms with E-state index < -0.39 is 0 Å². The van der Waals surface area contributed by atoms with E-state index >= 15 is 0 Å². The van der Waals surface area contributed by atoms with Gasteiger partial charge >= 0.3 is 0 Å². The third-order valence-corrected chi connectivity index (χ3v) is 7.41. The normalized spacial score (nSPS) is 31.9. The minimum absolute atomic E-state index is 0.189. The molecular formula is C21H25N3OS. The standard InChI is InChI=1S/C21H25N3OS/c25-19(11-21-8-14-5-15(9-21)7-16(6-14)10-21)24-12-18-20(23-3-2-22-18)17-1-4-26-13-17/h1-4,13-16H,5-12H2,(H,24,25). The van der Waals surface area contributed by atoms with Crippen LogP contribution in [0.5, 0.6) is 0 Å². The summed E-state index contributed by atoms with van der Waals surface area (Å²) >= 11 is 1.65. The molecule has 4 fully saturated rings. The van der Waals surface area contributed by atoms with Gasteiger partial charge in [0.2, 0.25) is 5.91 Å². The Bertz CT molecular complexity index is 766. The summed E-state index contributed by atoms with van der Waals surface area (Å²) in [5, 5.41) is 7.25. The highest BCUT2D eigenvalue weighted by atomic mass is 32.1. The molecule has 6 rings (SSSR count). The van der Waals surface area contributed by atoms with Crippen LogP contribution in [0.4, 0.5) is 0 Å². The molecule has 0 spiro atoms. The van der Waals surface area contributed by atoms with E-state index in [0.717, 1.165) is 34.7 Å². The summed E-state index contributed by atoms with van der Waals surface area (Å²) in [7, 11) is 0. The summed E-state index contributed by atoms with van der Waals surface area (Å²) < 4.78 is 0. The van der Waals surface area contributed by atoms with Crippen molar-refractivity contribution < 1.29 is 4.79 Å². The van der Waals surface area contributed by atoms with Crippen LogP contribution in [0, 0.1) is 23.2 Å². The fourth-order valence-electron chi connectivity index (χ4n) is 6.23. The van der Waals surface area contributed by atoms with Crippen molar-refractivity contribution in [2.24, 2.45) is 23.2 Å². The molecule has 4 bridgehead atoms. The summed E-state index contributed by atoms with van der Waals surface area (Å²) in [4.78, 5) is 21.7. The number of hydrogen-bond acceptors (Lipinski definition) is 4. The molecule has 4 aliphatic carbocycles. The highest BCUT2D eigenvalue weighted by molar-refractivity contribution is 7.08. The first-order valence-corrected chi connectivity index (χ1v) is 10.7. The van der Waals surface area contributed by atoms with Crippen LogP contribution in [0.25, 0.3) is 11.3 Å². The van der Waals surface area contributed by atoms with E-state index in [1.54, 1.807) is 23.7 Å². The first-order valence-electron chi connectivity index (χ1n) is 9.78. The van der Waals surface area contributed by atoms with Crippen molar-refractivity contribution in [1.82, 2.24) is 15.3 Å². The molecule has 4 nitrogen and oxygen atoms in total. The summed E-state index contributed by atoms with van der Waals surface area (Å²) in [6, 6.07) is 2.05. The fourth-order valence-corrected chi connectivity index (χ4v) is 6.87. The van der Waals surface area contributed by atoms with Crippen LogP contribution in [0.3, 0.4) is 0 Å². The van der Waals surface area contributed by atoms with E-state index in [2.05, 4.69) is 26.7 Å². The van der Waals surface area contributed by atoms with Crippen molar-refractivity contribution in [3.8, 4) is 11.3 Å². The molecule has 0 saturated heterocycles. The SMILES string of the molecule is O=C(CC12CC3CC(CC(C3)C1)C2)NCc1nccnc1-c1ccsc1. The molecule has 0 aliphatic heterocycles. The van der Waals surface area contributed by atoms with Gasteiger partial charge in [-0.2, -0.15) is 11.3 Å². The summed E-state index contributed by atoms with van der Waals surface area (Å²) in [5.74, 6) is 2.85. The second-order valence-corrected chi connectivity index (χ2v) is 9.51. The van der Waals surface area contributed by atoms with Crippen molar-refractivity contribution in [1.29, 1.82) is 0 Å². The van der Waals surface area contributed by atoms with Gasteiger partial charge in [0.25, 0.3) is 0 Å². The van der Waals surface area contributed by atoms with Crippen LogP contribution in [0.15, 0.2) is 29.2 Å². The Morgan fingerprint density at radius 2 is 1.81 bits per heavy atom. The molecule has 4 aliphatic rings. The van der Waals surface area contributed by atoms with Crippen molar-refractivity contribution in [3.05, 3.63) is 34.9 Å². The minimum atomic E-state index is 0.189. The predicted octanol–water partition coefficient (Wildman–Crippen LogP) is 4.43. The number of rotatable bonds is 5. The maximum Gasteiger partial charge on any atom is 0.220 e. The third-order valence-electron chi connectivity index (χ3n) is 6.72. The van der Waals surface area contributed by atoms with Gasteiger partial charge in [-0.05, 0) is 73.1 Å². The lowest BCUT2D eigenvalue weighted by Crippen LogP contribution is -2.48. The quantitative estimate of drug-likeness (QED) is 0.851. The summed E-state index contributed by atoms with van der Waals surface area (Å²) in [6.07, 6.45) is 12.2. The van der Waals surface area contributed by atoms with Gasteiger partial charge in [-0.15, -0.1) is 0 Å². The van der Waals surface area contributed by atoms with Crippen molar-refractivity contribution in [3.63, 3.8) is 0 Å². The fraction of sp³-hybridized carbons (Fsp3) is 0.571. The van der Waals surface area contributed by atoms with E-state index in [1.807, 2.05) is 5.38 Å². The molecule has 2 aromatic rings. The van der Waals surface area contributed by atoms with Gasteiger partial charge in [0.1, 0.15) is 0 Å². The molecule has 2 heterocycles. The smallest absolute Gasteiger partial charge is 0.220 e. The van der Waals surface area contributed by atoms with Crippen LogP contribution < -0.4 is 5.32 Å². The van der Waals surface area contributed by atoms with E-state index in [9.17, 15) is 4.79 Å². The van der Waals surface area contributed by atoms with Gasteiger partial charge in [0.05, 0.1) is 17.9 Å². The lowest BCUT2D eigenvalue weighted by molar-refractivity contribution is -0.129. The Kier molecular flexibility index (Phi) is 4.07. The maximum absolute atomic E-state index is 12.7. The van der Waals surface area contributed by atoms with Crippen molar-refractivity contribution in [2.45, 2.75) is 51.5 Å². The van der Waals surface area contributed by atoms with Crippen LogP contribution in [0.1, 0.15) is 50.6 Å². The molecule has 2 aromatic heterocycles. The van der Waals surface area contributed by atoms with Gasteiger partial charge in [-0.3, -0.25) is 14.8 Å². The number of nitrogens with one attached hydrogen (secondary N) is 1. The van der Waals surface area contributed by atoms with Crippen LogP contribution in [-0.2, 0) is 11.3 Å². The Balaban J connectivity index is 1.25. The van der Waals surface area contributed by atoms with E-state index in [-0.39, 0.29) is 11.3 Å². The van der Waals surface area contributed by atoms with Gasteiger partial charge in [0, 0.05) is 29.8 Å². The molecule has 136 valence electrons. The second kappa shape index (κ2) is 6.45. The zero-order chi connectivity index (χ0) is 17.6. The first kappa shape index (κ1) is 16.4. The molecule has 1 N–H and O–H groups in total. The number of thiophene rings is 1. The molecule has 5 heteroatoms. The Hall–Kier alpha value is -1.75. The van der Waals surface area contributed by atoms with Gasteiger partial charge in [-0.1, -0.05) is 0 Å². The van der Waals surface area contributed by atoms with Crippen LogP contribution in [-0.4, -0.2) is 15.9 Å². The van der Waals surface area contributed by atoms with Gasteiger partial charge in [0.15, 0.2) is 0 Å². The molecule has 1 amide bonds. The number of carbonyl (C=O) groups excluding carboxylic acids is 1. The Morgan fingerprint density at radius 3 is 2.46 bits per heavy atom. The number of carbonyl (C=O) groups is 1. The monoisotopic (exact) mass is 367 g/mol. The van der Waals surface area contributed by atoms with E-state index in [4.69, 9.17) is 0 Å². The molecular weight excluding hydrogens is 342 g/mol. The number of amides is 1. The predicted molar refractivity (Wildman–Crippen MR) is 102 cm³/mol. The second-order valence-electron chi connectivity index (χ2n) is 8.73. The Morgan fingerprint density at radius 1 is 1.12 bits per heavy atom. The largest absolute Gasteiger partial charge is 0.350 e. The molecule has 0 unspecified atom stereocenters. The van der Waals surface area contributed by atoms with E-state index in [1.165, 1.54) is 38.5 Å². The minimum Gasteiger partial charge on any atom is -0.350 e. The molecule has 26 heavy (non-hydrogen) atoms. The van der Waals surface area contributed by atoms with Crippen molar-refractivity contribution in [2.75, 3.05) is 0 Å². The number of aromatic nitrogens is 2. The Labute approximate surface area is 158 Å².